The van der Waals surface area contributed by atoms with Crippen molar-refractivity contribution in [2.24, 2.45) is 0 Å². The molecule has 1 amide bonds. The molecule has 7 nitrogen and oxygen atoms in total. The van der Waals surface area contributed by atoms with Gasteiger partial charge >= 0.3 is 7.12 Å². The number of fused-ring (bicyclic) bond motifs is 1. The van der Waals surface area contributed by atoms with Gasteiger partial charge in [-0.3, -0.25) is 4.79 Å². The van der Waals surface area contributed by atoms with E-state index in [-0.39, 0.29) is 31.1 Å². The van der Waals surface area contributed by atoms with E-state index in [1.807, 2.05) is 43.3 Å². The Morgan fingerprint density at radius 2 is 1.69 bits per heavy atom. The van der Waals surface area contributed by atoms with Crippen molar-refractivity contribution in [1.82, 2.24) is 5.32 Å². The van der Waals surface area contributed by atoms with Crippen molar-refractivity contribution < 1.29 is 33.4 Å². The third kappa shape index (κ3) is 6.68. The molecule has 0 saturated heterocycles. The lowest BCUT2D eigenvalue weighted by Crippen LogP contribution is -2.22. The molecule has 202 valence electrons. The van der Waals surface area contributed by atoms with Crippen LogP contribution in [0.3, 0.4) is 0 Å². The molecule has 0 fully saturated rings. The summed E-state index contributed by atoms with van der Waals surface area (Å²) >= 11 is 0. The van der Waals surface area contributed by atoms with Gasteiger partial charge in [0, 0.05) is 12.9 Å². The van der Waals surface area contributed by atoms with E-state index >= 15 is 0 Å². The fourth-order valence-electron chi connectivity index (χ4n) is 4.56. The van der Waals surface area contributed by atoms with Crippen LogP contribution >= 0.6 is 0 Å². The van der Waals surface area contributed by atoms with Crippen LogP contribution < -0.4 is 19.5 Å². The summed E-state index contributed by atoms with van der Waals surface area (Å²) in [5.74, 6) is 0.645. The van der Waals surface area contributed by atoms with E-state index in [9.17, 15) is 9.18 Å². The molecular weight excluding hydrogens is 500 g/mol. The maximum atomic E-state index is 14.3. The molecule has 0 atom stereocenters. The van der Waals surface area contributed by atoms with Gasteiger partial charge in [0.1, 0.15) is 5.82 Å². The summed E-state index contributed by atoms with van der Waals surface area (Å²) in [7, 11) is 1.53. The third-order valence-electron chi connectivity index (χ3n) is 6.54. The van der Waals surface area contributed by atoms with Crippen LogP contribution in [0.2, 0.25) is 6.32 Å². The minimum atomic E-state index is -1.48. The Balaban J connectivity index is 1.65. The first-order valence-electron chi connectivity index (χ1n) is 12.6. The SMILES string of the molecule is COc1cc(C=C2C(C)=C(CC(=O)NCc3ccccc3)c3cc(F)ccc32)cc(OC)c1OCCB(O)O. The maximum absolute atomic E-state index is 14.3. The minimum absolute atomic E-state index is 0.0249. The molecule has 4 rings (SSSR count). The molecule has 3 aromatic carbocycles. The number of amides is 1. The van der Waals surface area contributed by atoms with Gasteiger partial charge in [-0.25, -0.2) is 4.39 Å². The van der Waals surface area contributed by atoms with E-state index in [0.717, 1.165) is 33.4 Å². The Morgan fingerprint density at radius 3 is 2.33 bits per heavy atom. The molecular formula is C30H31BFNO6. The molecule has 0 spiro atoms. The predicted octanol–water partition coefficient (Wildman–Crippen LogP) is 4.73. The van der Waals surface area contributed by atoms with E-state index in [1.165, 1.54) is 26.4 Å². The molecule has 9 heteroatoms. The number of nitrogens with one attached hydrogen (secondary N) is 1. The zero-order valence-corrected chi connectivity index (χ0v) is 22.2. The Morgan fingerprint density at radius 1 is 1.00 bits per heavy atom. The van der Waals surface area contributed by atoms with Crippen LogP contribution in [-0.2, 0) is 11.3 Å². The van der Waals surface area contributed by atoms with Gasteiger partial charge in [-0.15, -0.1) is 0 Å². The number of allylic oxidation sites excluding steroid dienone is 2. The second-order valence-corrected chi connectivity index (χ2v) is 9.16. The molecule has 0 aliphatic heterocycles. The van der Waals surface area contributed by atoms with E-state index in [4.69, 9.17) is 24.3 Å². The Bertz CT molecular complexity index is 1380. The van der Waals surface area contributed by atoms with Gasteiger partial charge < -0.3 is 29.6 Å². The van der Waals surface area contributed by atoms with E-state index in [2.05, 4.69) is 5.32 Å². The summed E-state index contributed by atoms with van der Waals surface area (Å²) in [5.41, 5.74) is 5.76. The van der Waals surface area contributed by atoms with Crippen molar-refractivity contribution in [3.8, 4) is 17.2 Å². The van der Waals surface area contributed by atoms with E-state index in [0.29, 0.717) is 29.4 Å². The second kappa shape index (κ2) is 12.6. The quantitative estimate of drug-likeness (QED) is 0.310. The highest BCUT2D eigenvalue weighted by Crippen LogP contribution is 2.45. The average Bonchev–Trinajstić information content (AvgIpc) is 3.17. The summed E-state index contributed by atoms with van der Waals surface area (Å²) in [6.45, 7) is 2.40. The first-order chi connectivity index (χ1) is 18.8. The molecule has 0 saturated carbocycles. The topological polar surface area (TPSA) is 97.3 Å². The average molecular weight is 531 g/mol. The molecule has 1 aliphatic carbocycles. The molecule has 0 unspecified atom stereocenters. The molecule has 3 aromatic rings. The largest absolute Gasteiger partial charge is 0.493 e. The fraction of sp³-hybridized carbons (Fsp3) is 0.233. The summed E-state index contributed by atoms with van der Waals surface area (Å²) in [4.78, 5) is 12.9. The second-order valence-electron chi connectivity index (χ2n) is 9.16. The van der Waals surface area contributed by atoms with Crippen molar-refractivity contribution in [3.63, 3.8) is 0 Å². The van der Waals surface area contributed by atoms with Gasteiger partial charge in [0.05, 0.1) is 27.2 Å². The number of methoxy groups -OCH3 is 2. The molecule has 39 heavy (non-hydrogen) atoms. The molecule has 3 N–H and O–H groups in total. The number of halogens is 1. The summed E-state index contributed by atoms with van der Waals surface area (Å²) in [6.07, 6.45) is 2.08. The van der Waals surface area contributed by atoms with Crippen molar-refractivity contribution >= 4 is 30.2 Å². The van der Waals surface area contributed by atoms with Crippen LogP contribution in [-0.4, -0.2) is 43.9 Å². The lowest BCUT2D eigenvalue weighted by Gasteiger charge is -2.16. The van der Waals surface area contributed by atoms with Crippen molar-refractivity contribution in [1.29, 1.82) is 0 Å². The highest BCUT2D eigenvalue weighted by Gasteiger charge is 2.26. The van der Waals surface area contributed by atoms with Gasteiger partial charge in [-0.05, 0) is 76.2 Å². The maximum Gasteiger partial charge on any atom is 0.454 e. The Kier molecular flexibility index (Phi) is 9.06. The van der Waals surface area contributed by atoms with Gasteiger partial charge in [0.25, 0.3) is 0 Å². The zero-order valence-electron chi connectivity index (χ0n) is 22.2. The number of benzene rings is 3. The lowest BCUT2D eigenvalue weighted by atomic mass is 9.87. The highest BCUT2D eigenvalue weighted by atomic mass is 19.1. The van der Waals surface area contributed by atoms with Crippen molar-refractivity contribution in [3.05, 3.63) is 94.3 Å². The minimum Gasteiger partial charge on any atom is -0.493 e. The third-order valence-corrected chi connectivity index (χ3v) is 6.54. The highest BCUT2D eigenvalue weighted by molar-refractivity contribution is 6.41. The fourth-order valence-corrected chi connectivity index (χ4v) is 4.56. The van der Waals surface area contributed by atoms with Gasteiger partial charge in [-0.2, -0.15) is 0 Å². The van der Waals surface area contributed by atoms with E-state index < -0.39 is 7.12 Å². The van der Waals surface area contributed by atoms with E-state index in [1.54, 1.807) is 18.2 Å². The smallest absolute Gasteiger partial charge is 0.454 e. The number of hydrogen-bond acceptors (Lipinski definition) is 6. The Hall–Kier alpha value is -4.08. The first kappa shape index (κ1) is 27.9. The molecule has 0 heterocycles. The summed E-state index contributed by atoms with van der Waals surface area (Å²) in [6, 6.07) is 17.8. The van der Waals surface area contributed by atoms with Crippen LogP contribution in [0.1, 0.15) is 35.6 Å². The molecule has 0 radical (unpaired) electrons. The van der Waals surface area contributed by atoms with Crippen LogP contribution in [0.5, 0.6) is 17.2 Å². The number of carbonyl (C=O) groups is 1. The van der Waals surface area contributed by atoms with Gasteiger partial charge in [0.2, 0.25) is 11.7 Å². The molecule has 1 aliphatic rings. The first-order valence-corrected chi connectivity index (χ1v) is 12.6. The number of hydrogen-bond donors (Lipinski definition) is 3. The lowest BCUT2D eigenvalue weighted by molar-refractivity contribution is -0.120. The Labute approximate surface area is 227 Å². The van der Waals surface area contributed by atoms with Crippen LogP contribution in [0.15, 0.2) is 66.2 Å². The molecule has 0 aromatic heterocycles. The summed E-state index contributed by atoms with van der Waals surface area (Å²) in [5, 5.41) is 21.2. The van der Waals surface area contributed by atoms with Crippen LogP contribution in [0.25, 0.3) is 17.2 Å². The van der Waals surface area contributed by atoms with Crippen LogP contribution in [0.4, 0.5) is 4.39 Å². The number of ether oxygens (including phenoxy) is 3. The van der Waals surface area contributed by atoms with Gasteiger partial charge in [-0.1, -0.05) is 36.4 Å². The summed E-state index contributed by atoms with van der Waals surface area (Å²) < 4.78 is 31.1. The zero-order chi connectivity index (χ0) is 27.9. The van der Waals surface area contributed by atoms with Crippen molar-refractivity contribution in [2.75, 3.05) is 20.8 Å². The monoisotopic (exact) mass is 531 g/mol. The van der Waals surface area contributed by atoms with Gasteiger partial charge in [0.15, 0.2) is 11.5 Å². The van der Waals surface area contributed by atoms with Crippen LogP contribution in [0, 0.1) is 5.82 Å². The standard InChI is InChI=1S/C30H31BFNO6/c1-19-24(13-21-14-27(37-2)30(28(15-21)38-3)39-12-11-31(35)36)23-10-9-22(32)16-26(23)25(19)17-29(34)33-18-20-7-5-4-6-8-20/h4-10,13-16,35-36H,11-12,17-18H2,1-3H3,(H,33,34). The number of carbonyl (C=O) groups excluding carboxylic acids is 1. The normalized spacial score (nSPS) is 13.3. The van der Waals surface area contributed by atoms with Crippen molar-refractivity contribution in [2.45, 2.75) is 26.2 Å². The predicted molar refractivity (Wildman–Crippen MR) is 150 cm³/mol. The molecule has 0 bridgehead atoms. The number of rotatable bonds is 11.